The van der Waals surface area contributed by atoms with Crippen LogP contribution in [0.4, 0.5) is 11.4 Å². The summed E-state index contributed by atoms with van der Waals surface area (Å²) in [6.45, 7) is 0. The minimum absolute atomic E-state index is 0.0332. The third-order valence-corrected chi connectivity index (χ3v) is 6.19. The number of carbonyl (C=O) groups excluding carboxylic acids is 1. The molecule has 7 nitrogen and oxygen atoms in total. The Labute approximate surface area is 165 Å². The van der Waals surface area contributed by atoms with Gasteiger partial charge in [-0.05, 0) is 55.3 Å². The van der Waals surface area contributed by atoms with E-state index in [-0.39, 0.29) is 16.7 Å². The summed E-state index contributed by atoms with van der Waals surface area (Å²) in [5.74, 6) is 0.898. The van der Waals surface area contributed by atoms with Crippen molar-refractivity contribution in [2.45, 2.75) is 30.6 Å². The highest BCUT2D eigenvalue weighted by Crippen LogP contribution is 2.31. The molecule has 2 aromatic carbocycles. The maximum absolute atomic E-state index is 12.8. The van der Waals surface area contributed by atoms with E-state index in [1.807, 2.05) is 0 Å². The van der Waals surface area contributed by atoms with Crippen LogP contribution in [0, 0.1) is 5.92 Å². The second-order valence-corrected chi connectivity index (χ2v) is 8.35. The smallest absolute Gasteiger partial charge is 0.261 e. The van der Waals surface area contributed by atoms with Crippen LogP contribution in [0.25, 0.3) is 0 Å². The van der Waals surface area contributed by atoms with E-state index in [2.05, 4.69) is 10.0 Å². The highest BCUT2D eigenvalue weighted by molar-refractivity contribution is 7.92. The Morgan fingerprint density at radius 1 is 1.00 bits per heavy atom. The van der Waals surface area contributed by atoms with Gasteiger partial charge in [-0.3, -0.25) is 9.52 Å². The summed E-state index contributed by atoms with van der Waals surface area (Å²) in [6, 6.07) is 10.9. The number of carbonyl (C=O) groups is 1. The van der Waals surface area contributed by atoms with Gasteiger partial charge in [0, 0.05) is 11.6 Å². The molecule has 2 aromatic rings. The van der Waals surface area contributed by atoms with E-state index >= 15 is 0 Å². The van der Waals surface area contributed by atoms with E-state index in [1.165, 1.54) is 32.4 Å². The molecule has 1 aliphatic rings. The first-order chi connectivity index (χ1) is 13.4. The molecule has 0 unspecified atom stereocenters. The average molecular weight is 404 g/mol. The molecular formula is C20H24N2O5S. The van der Waals surface area contributed by atoms with Gasteiger partial charge in [0.2, 0.25) is 5.91 Å². The molecule has 8 heteroatoms. The summed E-state index contributed by atoms with van der Waals surface area (Å²) in [5.41, 5.74) is 0.755. The van der Waals surface area contributed by atoms with Gasteiger partial charge in [-0.25, -0.2) is 8.42 Å². The van der Waals surface area contributed by atoms with Crippen molar-refractivity contribution in [3.8, 4) is 11.5 Å². The number of methoxy groups -OCH3 is 2. The molecule has 28 heavy (non-hydrogen) atoms. The van der Waals surface area contributed by atoms with Gasteiger partial charge in [-0.1, -0.05) is 12.8 Å². The maximum Gasteiger partial charge on any atom is 0.261 e. The SMILES string of the molecule is COc1ccc(NS(=O)(=O)c2ccc(OC)c(NC(=O)C3CCCC3)c2)cc1. The lowest BCUT2D eigenvalue weighted by Crippen LogP contribution is -2.21. The van der Waals surface area contributed by atoms with Crippen LogP contribution in [0.2, 0.25) is 0 Å². The molecule has 2 N–H and O–H groups in total. The van der Waals surface area contributed by atoms with Crippen LogP contribution in [0.5, 0.6) is 11.5 Å². The molecule has 1 saturated carbocycles. The summed E-state index contributed by atoms with van der Waals surface area (Å²) in [7, 11) is -0.817. The number of hydrogen-bond acceptors (Lipinski definition) is 5. The second-order valence-electron chi connectivity index (χ2n) is 6.67. The largest absolute Gasteiger partial charge is 0.497 e. The molecule has 1 fully saturated rings. The summed E-state index contributed by atoms with van der Waals surface area (Å²) in [4.78, 5) is 12.5. The van der Waals surface area contributed by atoms with Gasteiger partial charge < -0.3 is 14.8 Å². The number of anilines is 2. The Morgan fingerprint density at radius 3 is 2.29 bits per heavy atom. The number of amides is 1. The van der Waals surface area contributed by atoms with Gasteiger partial charge in [-0.2, -0.15) is 0 Å². The van der Waals surface area contributed by atoms with Gasteiger partial charge in [0.05, 0.1) is 24.8 Å². The Morgan fingerprint density at radius 2 is 1.68 bits per heavy atom. The molecule has 0 bridgehead atoms. The first kappa shape index (κ1) is 20.0. The van der Waals surface area contributed by atoms with Gasteiger partial charge in [0.1, 0.15) is 11.5 Å². The van der Waals surface area contributed by atoms with E-state index in [4.69, 9.17) is 9.47 Å². The molecular weight excluding hydrogens is 380 g/mol. The van der Waals surface area contributed by atoms with Crippen LogP contribution in [-0.2, 0) is 14.8 Å². The number of ether oxygens (including phenoxy) is 2. The van der Waals surface area contributed by atoms with Gasteiger partial charge in [0.25, 0.3) is 10.0 Å². The number of hydrogen-bond donors (Lipinski definition) is 2. The molecule has 0 heterocycles. The number of sulfonamides is 1. The summed E-state index contributed by atoms with van der Waals surface area (Å²) in [5, 5.41) is 2.82. The second kappa shape index (κ2) is 8.52. The summed E-state index contributed by atoms with van der Waals surface area (Å²) in [6.07, 6.45) is 3.78. The number of benzene rings is 2. The number of rotatable bonds is 7. The highest BCUT2D eigenvalue weighted by atomic mass is 32.2. The van der Waals surface area contributed by atoms with Gasteiger partial charge >= 0.3 is 0 Å². The zero-order valence-electron chi connectivity index (χ0n) is 15.9. The molecule has 0 radical (unpaired) electrons. The van der Waals surface area contributed by atoms with Crippen molar-refractivity contribution >= 4 is 27.3 Å². The monoisotopic (exact) mass is 404 g/mol. The molecule has 0 saturated heterocycles. The fourth-order valence-electron chi connectivity index (χ4n) is 3.25. The maximum atomic E-state index is 12.8. The standard InChI is InChI=1S/C20H24N2O5S/c1-26-16-9-7-15(8-10-16)22-28(24,25)17-11-12-19(27-2)18(13-17)21-20(23)14-5-3-4-6-14/h7-14,22H,3-6H2,1-2H3,(H,21,23). The lowest BCUT2D eigenvalue weighted by atomic mass is 10.1. The molecule has 1 amide bonds. The Balaban J connectivity index is 1.82. The summed E-state index contributed by atoms with van der Waals surface area (Å²) >= 11 is 0. The third kappa shape index (κ3) is 4.56. The minimum Gasteiger partial charge on any atom is -0.497 e. The van der Waals surface area contributed by atoms with Crippen LogP contribution >= 0.6 is 0 Å². The predicted molar refractivity (Wildman–Crippen MR) is 107 cm³/mol. The molecule has 1 aliphatic carbocycles. The lowest BCUT2D eigenvalue weighted by molar-refractivity contribution is -0.119. The van der Waals surface area contributed by atoms with Crippen LogP contribution in [0.1, 0.15) is 25.7 Å². The first-order valence-corrected chi connectivity index (χ1v) is 10.6. The Bertz CT molecular complexity index is 936. The van der Waals surface area contributed by atoms with Crippen molar-refractivity contribution in [3.05, 3.63) is 42.5 Å². The van der Waals surface area contributed by atoms with Gasteiger partial charge in [0.15, 0.2) is 0 Å². The van der Waals surface area contributed by atoms with Crippen LogP contribution in [-0.4, -0.2) is 28.5 Å². The fourth-order valence-corrected chi connectivity index (χ4v) is 4.33. The van der Waals surface area contributed by atoms with E-state index in [0.717, 1.165) is 25.7 Å². The van der Waals surface area contributed by atoms with Crippen LogP contribution < -0.4 is 19.5 Å². The quantitative estimate of drug-likeness (QED) is 0.735. The molecule has 3 rings (SSSR count). The number of nitrogens with one attached hydrogen (secondary N) is 2. The topological polar surface area (TPSA) is 93.7 Å². The third-order valence-electron chi connectivity index (χ3n) is 4.81. The fraction of sp³-hybridized carbons (Fsp3) is 0.350. The molecule has 150 valence electrons. The van der Waals surface area contributed by atoms with Crippen molar-refractivity contribution in [1.29, 1.82) is 0 Å². The zero-order chi connectivity index (χ0) is 20.1. The van der Waals surface area contributed by atoms with Gasteiger partial charge in [-0.15, -0.1) is 0 Å². The molecule has 0 aliphatic heterocycles. The molecule has 0 spiro atoms. The van der Waals surface area contributed by atoms with E-state index < -0.39 is 10.0 Å². The lowest BCUT2D eigenvalue weighted by Gasteiger charge is -2.15. The Kier molecular flexibility index (Phi) is 6.08. The minimum atomic E-state index is -3.83. The zero-order valence-corrected chi connectivity index (χ0v) is 16.7. The normalized spacial score (nSPS) is 14.5. The van der Waals surface area contributed by atoms with E-state index in [1.54, 1.807) is 24.3 Å². The van der Waals surface area contributed by atoms with Crippen LogP contribution in [0.15, 0.2) is 47.4 Å². The van der Waals surface area contributed by atoms with Crippen molar-refractivity contribution in [2.24, 2.45) is 5.92 Å². The molecule has 0 aromatic heterocycles. The first-order valence-electron chi connectivity index (χ1n) is 9.09. The molecule has 0 atom stereocenters. The highest BCUT2D eigenvalue weighted by Gasteiger charge is 2.24. The van der Waals surface area contributed by atoms with E-state index in [9.17, 15) is 13.2 Å². The predicted octanol–water partition coefficient (Wildman–Crippen LogP) is 3.63. The summed E-state index contributed by atoms with van der Waals surface area (Å²) < 4.78 is 38.4. The van der Waals surface area contributed by atoms with Crippen molar-refractivity contribution in [2.75, 3.05) is 24.3 Å². The van der Waals surface area contributed by atoms with Crippen molar-refractivity contribution in [3.63, 3.8) is 0 Å². The van der Waals surface area contributed by atoms with Crippen molar-refractivity contribution < 1.29 is 22.7 Å². The Hall–Kier alpha value is -2.74. The van der Waals surface area contributed by atoms with Crippen LogP contribution in [0.3, 0.4) is 0 Å². The van der Waals surface area contributed by atoms with Crippen molar-refractivity contribution in [1.82, 2.24) is 0 Å². The average Bonchev–Trinajstić information content (AvgIpc) is 3.23. The van der Waals surface area contributed by atoms with E-state index in [0.29, 0.717) is 22.9 Å².